The first-order valence-electron chi connectivity index (χ1n) is 11.7. The number of nitrogens with zero attached hydrogens (tertiary/aromatic N) is 3. The number of fused-ring (bicyclic) bond motifs is 1. The van der Waals surface area contributed by atoms with Crippen molar-refractivity contribution in [3.05, 3.63) is 84.3 Å². The summed E-state index contributed by atoms with van der Waals surface area (Å²) in [6, 6.07) is 18.0. The van der Waals surface area contributed by atoms with E-state index in [9.17, 15) is 18.0 Å². The van der Waals surface area contributed by atoms with Gasteiger partial charge >= 0.3 is 12.2 Å². The number of benzene rings is 2. The Balaban J connectivity index is 1.42. The minimum absolute atomic E-state index is 0.0726. The number of amides is 2. The Hall–Kier alpha value is -4.01. The summed E-state index contributed by atoms with van der Waals surface area (Å²) < 4.78 is 47.5. The number of urea groups is 1. The lowest BCUT2D eigenvalue weighted by atomic mass is 9.97. The summed E-state index contributed by atoms with van der Waals surface area (Å²) in [5.74, 6) is 1.47. The van der Waals surface area contributed by atoms with E-state index >= 15 is 0 Å². The molecule has 0 spiro atoms. The standard InChI is InChI=1S/C27H25F3N4O2/c1-36-20-10-6-8-18(16-20)24-23-13-4-5-15-34(23)25(32-24)19-9-7-14-33(17-19)26(35)31-22-12-3-2-11-21(22)27(28,29)30/h2-6,8,10-13,15-16,19H,7,9,14,17H2,1H3,(H,31,35). The normalized spacial score (nSPS) is 16.2. The third-order valence-electron chi connectivity index (χ3n) is 6.47. The molecule has 1 saturated heterocycles. The molecular formula is C27H25F3N4O2. The van der Waals surface area contributed by atoms with Gasteiger partial charge in [0.1, 0.15) is 11.6 Å². The summed E-state index contributed by atoms with van der Waals surface area (Å²) in [6.07, 6.45) is -1.08. The number of likely N-dealkylation sites (tertiary alicyclic amines) is 1. The van der Waals surface area contributed by atoms with Crippen LogP contribution in [0.15, 0.2) is 72.9 Å². The molecular weight excluding hydrogens is 469 g/mol. The number of alkyl halides is 3. The molecule has 186 valence electrons. The molecule has 2 aromatic heterocycles. The first kappa shape index (κ1) is 23.7. The molecule has 36 heavy (non-hydrogen) atoms. The zero-order valence-electron chi connectivity index (χ0n) is 19.6. The van der Waals surface area contributed by atoms with Crippen molar-refractivity contribution in [3.63, 3.8) is 0 Å². The number of anilines is 1. The first-order chi connectivity index (χ1) is 17.3. The van der Waals surface area contributed by atoms with Crippen molar-refractivity contribution in [2.75, 3.05) is 25.5 Å². The monoisotopic (exact) mass is 494 g/mol. The Labute approximate surface area is 206 Å². The number of halogens is 3. The molecule has 3 heterocycles. The number of hydrogen-bond acceptors (Lipinski definition) is 3. The van der Waals surface area contributed by atoms with Gasteiger partial charge in [0.15, 0.2) is 0 Å². The molecule has 1 fully saturated rings. The van der Waals surface area contributed by atoms with Gasteiger partial charge in [-0.15, -0.1) is 0 Å². The first-order valence-corrected chi connectivity index (χ1v) is 11.7. The summed E-state index contributed by atoms with van der Waals surface area (Å²) in [6.45, 7) is 0.814. The number of pyridine rings is 1. The molecule has 9 heteroatoms. The fourth-order valence-corrected chi connectivity index (χ4v) is 4.74. The number of rotatable bonds is 4. The zero-order valence-corrected chi connectivity index (χ0v) is 19.6. The van der Waals surface area contributed by atoms with Crippen LogP contribution in [0.5, 0.6) is 5.75 Å². The summed E-state index contributed by atoms with van der Waals surface area (Å²) in [4.78, 5) is 19.5. The summed E-state index contributed by atoms with van der Waals surface area (Å²) in [5, 5.41) is 2.47. The van der Waals surface area contributed by atoms with Gasteiger partial charge in [-0.1, -0.05) is 30.3 Å². The highest BCUT2D eigenvalue weighted by atomic mass is 19.4. The van der Waals surface area contributed by atoms with Gasteiger partial charge in [-0.25, -0.2) is 9.78 Å². The second-order valence-corrected chi connectivity index (χ2v) is 8.77. The van der Waals surface area contributed by atoms with E-state index in [2.05, 4.69) is 5.32 Å². The second-order valence-electron chi connectivity index (χ2n) is 8.77. The van der Waals surface area contributed by atoms with Gasteiger partial charge in [0.2, 0.25) is 0 Å². The highest BCUT2D eigenvalue weighted by Crippen LogP contribution is 2.36. The van der Waals surface area contributed by atoms with Crippen LogP contribution in [0.25, 0.3) is 16.8 Å². The van der Waals surface area contributed by atoms with Crippen LogP contribution >= 0.6 is 0 Å². The van der Waals surface area contributed by atoms with Gasteiger partial charge in [0, 0.05) is 30.8 Å². The van der Waals surface area contributed by atoms with E-state index in [0.717, 1.165) is 47.3 Å². The van der Waals surface area contributed by atoms with Gasteiger partial charge in [-0.3, -0.25) is 0 Å². The molecule has 4 aromatic rings. The third kappa shape index (κ3) is 4.60. The van der Waals surface area contributed by atoms with Gasteiger partial charge in [-0.05, 0) is 49.2 Å². The second kappa shape index (κ2) is 9.56. The molecule has 0 radical (unpaired) electrons. The van der Waals surface area contributed by atoms with E-state index in [-0.39, 0.29) is 11.6 Å². The lowest BCUT2D eigenvalue weighted by molar-refractivity contribution is -0.136. The maximum Gasteiger partial charge on any atom is 0.418 e. The molecule has 1 unspecified atom stereocenters. The molecule has 1 aliphatic rings. The number of piperidine rings is 1. The van der Waals surface area contributed by atoms with Crippen LogP contribution in [-0.2, 0) is 6.18 Å². The highest BCUT2D eigenvalue weighted by Gasteiger charge is 2.35. The lowest BCUT2D eigenvalue weighted by Crippen LogP contribution is -2.42. The number of ether oxygens (including phenoxy) is 1. The number of imidazole rings is 1. The van der Waals surface area contributed by atoms with Crippen molar-refractivity contribution < 1.29 is 22.7 Å². The van der Waals surface area contributed by atoms with Crippen molar-refractivity contribution >= 4 is 17.2 Å². The van der Waals surface area contributed by atoms with E-state index in [1.54, 1.807) is 12.0 Å². The molecule has 2 aromatic carbocycles. The van der Waals surface area contributed by atoms with Gasteiger partial charge < -0.3 is 19.4 Å². The number of carbonyl (C=O) groups is 1. The van der Waals surface area contributed by atoms with Crippen LogP contribution in [0.1, 0.15) is 30.1 Å². The SMILES string of the molecule is COc1cccc(-c2nc(C3CCCN(C(=O)Nc4ccccc4C(F)(F)F)C3)n3ccccc23)c1. The molecule has 2 amide bonds. The fraction of sp³-hybridized carbons (Fsp3) is 0.259. The van der Waals surface area contributed by atoms with Crippen molar-refractivity contribution in [2.45, 2.75) is 24.9 Å². The summed E-state index contributed by atoms with van der Waals surface area (Å²) >= 11 is 0. The lowest BCUT2D eigenvalue weighted by Gasteiger charge is -2.32. The topological polar surface area (TPSA) is 58.9 Å². The zero-order chi connectivity index (χ0) is 25.3. The molecule has 1 aliphatic heterocycles. The number of methoxy groups -OCH3 is 1. The van der Waals surface area contributed by atoms with E-state index < -0.39 is 17.8 Å². The van der Waals surface area contributed by atoms with Crippen LogP contribution in [0, 0.1) is 0 Å². The molecule has 6 nitrogen and oxygen atoms in total. The number of carbonyl (C=O) groups excluding carboxylic acids is 1. The Kier molecular flexibility index (Phi) is 6.30. The van der Waals surface area contributed by atoms with Gasteiger partial charge in [0.25, 0.3) is 0 Å². The van der Waals surface area contributed by atoms with Crippen LogP contribution < -0.4 is 10.1 Å². The predicted molar refractivity (Wildman–Crippen MR) is 131 cm³/mol. The third-order valence-corrected chi connectivity index (χ3v) is 6.47. The quantitative estimate of drug-likeness (QED) is 0.355. The molecule has 0 bridgehead atoms. The largest absolute Gasteiger partial charge is 0.497 e. The minimum atomic E-state index is -4.56. The average molecular weight is 495 g/mol. The predicted octanol–water partition coefficient (Wildman–Crippen LogP) is 6.44. The van der Waals surface area contributed by atoms with E-state index in [1.807, 2.05) is 53.1 Å². The van der Waals surface area contributed by atoms with Crippen LogP contribution in [0.3, 0.4) is 0 Å². The Bertz CT molecular complexity index is 1400. The van der Waals surface area contributed by atoms with Crippen molar-refractivity contribution in [1.82, 2.24) is 14.3 Å². The highest BCUT2D eigenvalue weighted by molar-refractivity contribution is 5.90. The maximum absolute atomic E-state index is 13.4. The van der Waals surface area contributed by atoms with Gasteiger partial charge in [-0.2, -0.15) is 13.2 Å². The fourth-order valence-electron chi connectivity index (χ4n) is 4.74. The van der Waals surface area contributed by atoms with Crippen molar-refractivity contribution in [2.24, 2.45) is 0 Å². The van der Waals surface area contributed by atoms with Crippen LogP contribution in [-0.4, -0.2) is 40.5 Å². The molecule has 0 aliphatic carbocycles. The number of nitrogens with one attached hydrogen (secondary N) is 1. The molecule has 5 rings (SSSR count). The summed E-state index contributed by atoms with van der Waals surface area (Å²) in [7, 11) is 1.62. The van der Waals surface area contributed by atoms with E-state index in [4.69, 9.17) is 9.72 Å². The Morgan fingerprint density at radius 3 is 2.69 bits per heavy atom. The van der Waals surface area contributed by atoms with Crippen molar-refractivity contribution in [3.8, 4) is 17.0 Å². The number of hydrogen-bond donors (Lipinski definition) is 1. The molecule has 1 N–H and O–H groups in total. The Morgan fingerprint density at radius 1 is 1.08 bits per heavy atom. The molecule has 0 saturated carbocycles. The molecule has 1 atom stereocenters. The maximum atomic E-state index is 13.4. The number of aromatic nitrogens is 2. The van der Waals surface area contributed by atoms with Crippen LogP contribution in [0.2, 0.25) is 0 Å². The summed E-state index contributed by atoms with van der Waals surface area (Å²) in [5.41, 5.74) is 1.54. The van der Waals surface area contributed by atoms with Gasteiger partial charge in [0.05, 0.1) is 29.6 Å². The minimum Gasteiger partial charge on any atom is -0.497 e. The smallest absolute Gasteiger partial charge is 0.418 e. The van der Waals surface area contributed by atoms with E-state index in [1.165, 1.54) is 18.2 Å². The van der Waals surface area contributed by atoms with Crippen LogP contribution in [0.4, 0.5) is 23.7 Å². The number of para-hydroxylation sites is 1. The van der Waals surface area contributed by atoms with Crippen molar-refractivity contribution in [1.29, 1.82) is 0 Å². The van der Waals surface area contributed by atoms with E-state index in [0.29, 0.717) is 13.1 Å². The average Bonchev–Trinajstić information content (AvgIpc) is 3.28. The Morgan fingerprint density at radius 2 is 1.89 bits per heavy atom.